The Morgan fingerprint density at radius 2 is 2.16 bits per heavy atom. The molecule has 6 nitrogen and oxygen atoms in total. The number of rotatable bonds is 6. The fraction of sp³-hybridized carbons (Fsp3) is 0.235. The molecule has 25 heavy (non-hydrogen) atoms. The first-order valence-corrected chi connectivity index (χ1v) is 9.56. The minimum atomic E-state index is -0.305. The number of nitrogens with one attached hydrogen (secondary N) is 2. The zero-order valence-corrected chi connectivity index (χ0v) is 15.2. The van der Waals surface area contributed by atoms with Crippen molar-refractivity contribution in [3.05, 3.63) is 59.5 Å². The van der Waals surface area contributed by atoms with E-state index in [1.807, 2.05) is 35.1 Å². The third-order valence-electron chi connectivity index (χ3n) is 3.65. The van der Waals surface area contributed by atoms with Crippen molar-refractivity contribution >= 4 is 40.7 Å². The Bertz CT molecular complexity index is 869. The number of pyridine rings is 1. The van der Waals surface area contributed by atoms with E-state index in [1.54, 1.807) is 36.0 Å². The fourth-order valence-electron chi connectivity index (χ4n) is 2.49. The summed E-state index contributed by atoms with van der Waals surface area (Å²) in [5.74, 6) is 1.61. The summed E-state index contributed by atoms with van der Waals surface area (Å²) < 4.78 is 1.89. The molecule has 3 aromatic rings. The second kappa shape index (κ2) is 8.22. The Labute approximate surface area is 155 Å². The van der Waals surface area contributed by atoms with E-state index in [0.717, 1.165) is 17.8 Å². The van der Waals surface area contributed by atoms with E-state index in [-0.39, 0.29) is 12.1 Å². The van der Waals surface area contributed by atoms with Crippen LogP contribution in [-0.4, -0.2) is 32.6 Å². The molecule has 2 heterocycles. The normalized spacial score (nSPS) is 12.1. The highest BCUT2D eigenvalue weighted by Crippen LogP contribution is 2.19. The third kappa shape index (κ3) is 4.43. The van der Waals surface area contributed by atoms with Crippen LogP contribution in [0.3, 0.4) is 0 Å². The van der Waals surface area contributed by atoms with Crippen molar-refractivity contribution in [2.45, 2.75) is 12.5 Å². The predicted octanol–water partition coefficient (Wildman–Crippen LogP) is 4.00. The van der Waals surface area contributed by atoms with Crippen molar-refractivity contribution < 1.29 is 4.79 Å². The minimum Gasteiger partial charge on any atom is -0.328 e. The van der Waals surface area contributed by atoms with Crippen molar-refractivity contribution in [2.75, 3.05) is 17.3 Å². The van der Waals surface area contributed by atoms with Gasteiger partial charge in [0.05, 0.1) is 6.04 Å². The van der Waals surface area contributed by atoms with Crippen LogP contribution in [0.25, 0.3) is 5.65 Å². The van der Waals surface area contributed by atoms with Gasteiger partial charge in [-0.15, -0.1) is 10.2 Å². The number of nitrogens with zero attached hydrogens (tertiary/aromatic N) is 3. The summed E-state index contributed by atoms with van der Waals surface area (Å²) >= 11 is 7.67. The SMILES string of the molecule is CSCCC(NC(=O)Nc1cccc(Cl)c1)c1nnc2ccccn12. The number of hydrogen-bond acceptors (Lipinski definition) is 4. The largest absolute Gasteiger partial charge is 0.328 e. The number of thioether (sulfide) groups is 1. The summed E-state index contributed by atoms with van der Waals surface area (Å²) in [7, 11) is 0. The Hall–Kier alpha value is -2.25. The molecule has 2 N–H and O–H groups in total. The minimum absolute atomic E-state index is 0.246. The number of carbonyl (C=O) groups excluding carboxylic acids is 1. The van der Waals surface area contributed by atoms with E-state index in [1.165, 1.54) is 0 Å². The van der Waals surface area contributed by atoms with E-state index < -0.39 is 0 Å². The second-order valence-corrected chi connectivity index (χ2v) is 6.85. The molecule has 0 aliphatic heterocycles. The first kappa shape index (κ1) is 17.6. The van der Waals surface area contributed by atoms with Crippen LogP contribution in [0.4, 0.5) is 10.5 Å². The zero-order valence-electron chi connectivity index (χ0n) is 13.6. The number of amides is 2. The highest BCUT2D eigenvalue weighted by molar-refractivity contribution is 7.98. The molecule has 0 saturated heterocycles. The summed E-state index contributed by atoms with van der Waals surface area (Å²) in [5, 5.41) is 14.8. The van der Waals surface area contributed by atoms with Crippen LogP contribution in [0, 0.1) is 0 Å². The number of anilines is 1. The fourth-order valence-corrected chi connectivity index (χ4v) is 3.15. The monoisotopic (exact) mass is 375 g/mol. The molecule has 1 unspecified atom stereocenters. The zero-order chi connectivity index (χ0) is 17.6. The number of hydrogen-bond donors (Lipinski definition) is 2. The van der Waals surface area contributed by atoms with Crippen LogP contribution in [0.1, 0.15) is 18.3 Å². The maximum atomic E-state index is 12.4. The molecule has 0 bridgehead atoms. The highest BCUT2D eigenvalue weighted by atomic mass is 35.5. The van der Waals surface area contributed by atoms with Crippen molar-refractivity contribution in [1.82, 2.24) is 19.9 Å². The summed E-state index contributed by atoms with van der Waals surface area (Å²) in [6.07, 6.45) is 4.68. The lowest BCUT2D eigenvalue weighted by molar-refractivity contribution is 0.247. The number of benzene rings is 1. The molecule has 1 aromatic carbocycles. The Morgan fingerprint density at radius 3 is 2.96 bits per heavy atom. The number of halogens is 1. The number of aromatic nitrogens is 3. The van der Waals surface area contributed by atoms with Gasteiger partial charge in [0.2, 0.25) is 0 Å². The predicted molar refractivity (Wildman–Crippen MR) is 102 cm³/mol. The van der Waals surface area contributed by atoms with Crippen LogP contribution < -0.4 is 10.6 Å². The Kier molecular flexibility index (Phi) is 5.78. The third-order valence-corrected chi connectivity index (χ3v) is 4.53. The average molecular weight is 376 g/mol. The standard InChI is InChI=1S/C17H18ClN5OS/c1-25-10-8-14(16-22-21-15-7-2-3-9-23(15)16)20-17(24)19-13-6-4-5-12(18)11-13/h2-7,9,11,14H,8,10H2,1H3,(H2,19,20,24). The topological polar surface area (TPSA) is 71.3 Å². The maximum absolute atomic E-state index is 12.4. The Balaban J connectivity index is 1.77. The molecule has 130 valence electrons. The molecule has 3 rings (SSSR count). The van der Waals surface area contributed by atoms with Gasteiger partial charge in [0, 0.05) is 16.9 Å². The lowest BCUT2D eigenvalue weighted by Gasteiger charge is -2.17. The molecule has 0 spiro atoms. The van der Waals surface area contributed by atoms with Gasteiger partial charge in [0.25, 0.3) is 0 Å². The molecule has 2 aromatic heterocycles. The van der Waals surface area contributed by atoms with Gasteiger partial charge in [-0.2, -0.15) is 11.8 Å². The van der Waals surface area contributed by atoms with Gasteiger partial charge in [-0.05, 0) is 48.8 Å². The molecular weight excluding hydrogens is 358 g/mol. The molecule has 0 radical (unpaired) electrons. The summed E-state index contributed by atoms with van der Waals surface area (Å²) in [4.78, 5) is 12.4. The lowest BCUT2D eigenvalue weighted by Crippen LogP contribution is -2.34. The van der Waals surface area contributed by atoms with Gasteiger partial charge in [0.1, 0.15) is 0 Å². The smallest absolute Gasteiger partial charge is 0.319 e. The van der Waals surface area contributed by atoms with Gasteiger partial charge in [-0.25, -0.2) is 4.79 Å². The highest BCUT2D eigenvalue weighted by Gasteiger charge is 2.20. The van der Waals surface area contributed by atoms with Crippen molar-refractivity contribution in [1.29, 1.82) is 0 Å². The van der Waals surface area contributed by atoms with Crippen molar-refractivity contribution in [3.63, 3.8) is 0 Å². The van der Waals surface area contributed by atoms with E-state index in [0.29, 0.717) is 16.5 Å². The summed E-state index contributed by atoms with van der Waals surface area (Å²) in [6, 6.07) is 12.2. The van der Waals surface area contributed by atoms with Gasteiger partial charge in [-0.1, -0.05) is 23.7 Å². The van der Waals surface area contributed by atoms with E-state index >= 15 is 0 Å². The van der Waals surface area contributed by atoms with Crippen LogP contribution >= 0.6 is 23.4 Å². The molecular formula is C17H18ClN5OS. The molecule has 0 aliphatic rings. The molecule has 0 saturated carbocycles. The Morgan fingerprint density at radius 1 is 1.28 bits per heavy atom. The first-order chi connectivity index (χ1) is 12.2. The van der Waals surface area contributed by atoms with Crippen molar-refractivity contribution in [2.24, 2.45) is 0 Å². The number of urea groups is 1. The van der Waals surface area contributed by atoms with Crippen LogP contribution in [-0.2, 0) is 0 Å². The van der Waals surface area contributed by atoms with Crippen LogP contribution in [0.5, 0.6) is 0 Å². The molecule has 8 heteroatoms. The van der Waals surface area contributed by atoms with Gasteiger partial charge >= 0.3 is 6.03 Å². The number of fused-ring (bicyclic) bond motifs is 1. The van der Waals surface area contributed by atoms with Gasteiger partial charge < -0.3 is 10.6 Å². The number of carbonyl (C=O) groups is 1. The summed E-state index contributed by atoms with van der Waals surface area (Å²) in [5.41, 5.74) is 1.39. The van der Waals surface area contributed by atoms with Gasteiger partial charge in [0.15, 0.2) is 11.5 Å². The maximum Gasteiger partial charge on any atom is 0.319 e. The van der Waals surface area contributed by atoms with Crippen LogP contribution in [0.15, 0.2) is 48.7 Å². The quantitative estimate of drug-likeness (QED) is 0.683. The molecule has 1 atom stereocenters. The first-order valence-electron chi connectivity index (χ1n) is 7.79. The molecule has 2 amide bonds. The van der Waals surface area contributed by atoms with Crippen molar-refractivity contribution in [3.8, 4) is 0 Å². The van der Waals surface area contributed by atoms with Crippen LogP contribution in [0.2, 0.25) is 5.02 Å². The molecule has 0 fully saturated rings. The lowest BCUT2D eigenvalue weighted by atomic mass is 10.2. The van der Waals surface area contributed by atoms with E-state index in [9.17, 15) is 4.79 Å². The summed E-state index contributed by atoms with van der Waals surface area (Å²) in [6.45, 7) is 0. The van der Waals surface area contributed by atoms with E-state index in [2.05, 4.69) is 20.8 Å². The second-order valence-electron chi connectivity index (χ2n) is 5.43. The molecule has 0 aliphatic carbocycles. The van der Waals surface area contributed by atoms with Gasteiger partial charge in [-0.3, -0.25) is 4.40 Å². The average Bonchev–Trinajstić information content (AvgIpc) is 3.02. The van der Waals surface area contributed by atoms with E-state index in [4.69, 9.17) is 11.6 Å².